The van der Waals surface area contributed by atoms with Crippen molar-refractivity contribution in [3.8, 4) is 5.75 Å². The number of aryl methyl sites for hydroxylation is 1. The average Bonchev–Trinajstić information content (AvgIpc) is 2.89. The second-order valence-electron chi connectivity index (χ2n) is 5.14. The molecular weight excluding hydrogens is 252 g/mol. The first kappa shape index (κ1) is 14.6. The molecule has 2 aromatic rings. The number of aliphatic hydroxyl groups is 1. The lowest BCUT2D eigenvalue weighted by Gasteiger charge is -2.15. The smallest absolute Gasteiger partial charge is 0.163 e. The van der Waals surface area contributed by atoms with Gasteiger partial charge in [0.2, 0.25) is 0 Å². The van der Waals surface area contributed by atoms with Gasteiger partial charge in [0.15, 0.2) is 5.75 Å². The van der Waals surface area contributed by atoms with Crippen LogP contribution in [0.1, 0.15) is 49.6 Å². The Labute approximate surface area is 120 Å². The lowest BCUT2D eigenvalue weighted by atomic mass is 9.99. The van der Waals surface area contributed by atoms with Gasteiger partial charge in [-0.25, -0.2) is 0 Å². The second kappa shape index (κ2) is 6.09. The van der Waals surface area contributed by atoms with E-state index in [-0.39, 0.29) is 0 Å². The van der Waals surface area contributed by atoms with Crippen molar-refractivity contribution in [2.45, 2.75) is 39.3 Å². The summed E-state index contributed by atoms with van der Waals surface area (Å²) < 4.78 is 7.05. The molecule has 0 fully saturated rings. The van der Waals surface area contributed by atoms with E-state index in [0.29, 0.717) is 23.9 Å². The Morgan fingerprint density at radius 3 is 2.30 bits per heavy atom. The predicted molar refractivity (Wildman–Crippen MR) is 79.0 cm³/mol. The van der Waals surface area contributed by atoms with E-state index in [2.05, 4.69) is 31.1 Å². The summed E-state index contributed by atoms with van der Waals surface area (Å²) in [5.41, 5.74) is 2.81. The third kappa shape index (κ3) is 2.70. The highest BCUT2D eigenvalue weighted by Crippen LogP contribution is 2.30. The average molecular weight is 274 g/mol. The number of aromatic nitrogens is 2. The van der Waals surface area contributed by atoms with Crippen LogP contribution in [0.25, 0.3) is 0 Å². The van der Waals surface area contributed by atoms with Crippen molar-refractivity contribution >= 4 is 0 Å². The van der Waals surface area contributed by atoms with Crippen LogP contribution in [0.4, 0.5) is 0 Å². The molecule has 0 aliphatic heterocycles. The molecule has 0 radical (unpaired) electrons. The molecule has 20 heavy (non-hydrogen) atoms. The van der Waals surface area contributed by atoms with Crippen LogP contribution in [0, 0.1) is 0 Å². The fourth-order valence-electron chi connectivity index (χ4n) is 2.28. The number of ether oxygens (including phenoxy) is 1. The summed E-state index contributed by atoms with van der Waals surface area (Å²) in [6.45, 7) is 6.99. The van der Waals surface area contributed by atoms with Crippen molar-refractivity contribution in [2.24, 2.45) is 0 Å². The predicted octanol–water partition coefficient (Wildman–Crippen LogP) is 3.12. The van der Waals surface area contributed by atoms with Gasteiger partial charge in [-0.15, -0.1) is 0 Å². The van der Waals surface area contributed by atoms with Gasteiger partial charge < -0.3 is 9.84 Å². The zero-order valence-corrected chi connectivity index (χ0v) is 12.5. The molecule has 0 aliphatic carbocycles. The molecular formula is C16H22N2O2. The first-order valence-electron chi connectivity index (χ1n) is 6.96. The molecule has 1 aromatic heterocycles. The molecule has 4 heteroatoms. The highest BCUT2D eigenvalue weighted by atomic mass is 16.5. The minimum atomic E-state index is -0.728. The fourth-order valence-corrected chi connectivity index (χ4v) is 2.28. The van der Waals surface area contributed by atoms with Crippen molar-refractivity contribution in [1.82, 2.24) is 9.78 Å². The molecule has 0 saturated heterocycles. The number of nitrogens with zero attached hydrogens (tertiary/aromatic N) is 2. The van der Waals surface area contributed by atoms with E-state index in [9.17, 15) is 5.11 Å². The van der Waals surface area contributed by atoms with Crippen molar-refractivity contribution in [1.29, 1.82) is 0 Å². The van der Waals surface area contributed by atoms with Crippen LogP contribution in [0.5, 0.6) is 5.75 Å². The number of methoxy groups -OCH3 is 1. The van der Waals surface area contributed by atoms with Crippen molar-refractivity contribution in [2.75, 3.05) is 7.11 Å². The number of hydrogen-bond donors (Lipinski definition) is 1. The number of rotatable bonds is 5. The van der Waals surface area contributed by atoms with Crippen LogP contribution < -0.4 is 4.74 Å². The Balaban J connectivity index is 2.35. The zero-order valence-electron chi connectivity index (χ0n) is 12.5. The van der Waals surface area contributed by atoms with Gasteiger partial charge in [0, 0.05) is 6.54 Å². The maximum atomic E-state index is 10.6. The minimum Gasteiger partial charge on any atom is -0.493 e. The third-order valence-corrected chi connectivity index (χ3v) is 3.54. The molecule has 108 valence electrons. The number of hydrogen-bond acceptors (Lipinski definition) is 3. The summed E-state index contributed by atoms with van der Waals surface area (Å²) in [4.78, 5) is 0. The summed E-state index contributed by atoms with van der Waals surface area (Å²) in [7, 11) is 1.59. The lowest BCUT2D eigenvalue weighted by molar-refractivity contribution is 0.202. The third-order valence-electron chi connectivity index (χ3n) is 3.54. The maximum Gasteiger partial charge on any atom is 0.163 e. The van der Waals surface area contributed by atoms with Crippen LogP contribution in [-0.2, 0) is 6.54 Å². The van der Waals surface area contributed by atoms with E-state index in [1.54, 1.807) is 18.0 Å². The van der Waals surface area contributed by atoms with Gasteiger partial charge in [-0.05, 0) is 24.0 Å². The fraction of sp³-hybridized carbons (Fsp3) is 0.438. The maximum absolute atomic E-state index is 10.6. The summed E-state index contributed by atoms with van der Waals surface area (Å²) in [5, 5.41) is 14.8. The van der Waals surface area contributed by atoms with Gasteiger partial charge in [0.1, 0.15) is 11.8 Å². The van der Waals surface area contributed by atoms with Gasteiger partial charge in [0.25, 0.3) is 0 Å². The van der Waals surface area contributed by atoms with Crippen LogP contribution in [0.15, 0.2) is 30.5 Å². The van der Waals surface area contributed by atoms with Crippen LogP contribution in [0.3, 0.4) is 0 Å². The summed E-state index contributed by atoms with van der Waals surface area (Å²) in [6, 6.07) is 8.05. The Bertz CT molecular complexity index is 537. The molecule has 0 aliphatic rings. The number of benzene rings is 1. The Morgan fingerprint density at radius 1 is 1.20 bits per heavy atom. The molecule has 1 unspecified atom stereocenters. The van der Waals surface area contributed by atoms with E-state index < -0.39 is 6.10 Å². The van der Waals surface area contributed by atoms with Crippen molar-refractivity contribution in [3.63, 3.8) is 0 Å². The van der Waals surface area contributed by atoms with Crippen LogP contribution in [0.2, 0.25) is 0 Å². The summed E-state index contributed by atoms with van der Waals surface area (Å²) >= 11 is 0. The quantitative estimate of drug-likeness (QED) is 0.911. The van der Waals surface area contributed by atoms with Gasteiger partial charge in [0.05, 0.1) is 13.3 Å². The summed E-state index contributed by atoms with van der Waals surface area (Å²) in [5.74, 6) is 1.10. The highest BCUT2D eigenvalue weighted by Gasteiger charge is 2.21. The van der Waals surface area contributed by atoms with E-state index in [1.165, 1.54) is 5.56 Å². The van der Waals surface area contributed by atoms with E-state index in [0.717, 1.165) is 5.56 Å². The Morgan fingerprint density at radius 2 is 1.80 bits per heavy atom. The first-order valence-corrected chi connectivity index (χ1v) is 6.96. The van der Waals surface area contributed by atoms with Crippen LogP contribution >= 0.6 is 0 Å². The largest absolute Gasteiger partial charge is 0.493 e. The van der Waals surface area contributed by atoms with Crippen molar-refractivity contribution < 1.29 is 9.84 Å². The SMILES string of the molecule is CCn1ncc(OC)c1C(O)c1ccc(C(C)C)cc1. The molecule has 0 saturated carbocycles. The minimum absolute atomic E-state index is 0.483. The molecule has 4 nitrogen and oxygen atoms in total. The lowest BCUT2D eigenvalue weighted by Crippen LogP contribution is -2.10. The first-order chi connectivity index (χ1) is 9.58. The summed E-state index contributed by atoms with van der Waals surface area (Å²) in [6.07, 6.45) is 0.915. The van der Waals surface area contributed by atoms with Crippen molar-refractivity contribution in [3.05, 3.63) is 47.3 Å². The molecule has 0 spiro atoms. The number of aliphatic hydroxyl groups excluding tert-OH is 1. The highest BCUT2D eigenvalue weighted by molar-refractivity contribution is 5.36. The normalized spacial score (nSPS) is 12.7. The van der Waals surface area contributed by atoms with E-state index >= 15 is 0 Å². The molecule has 0 amide bonds. The molecule has 1 N–H and O–H groups in total. The standard InChI is InChI=1S/C16H22N2O2/c1-5-18-15(14(20-4)10-17-18)16(19)13-8-6-12(7-9-13)11(2)3/h6-11,16,19H,5H2,1-4H3. The molecule has 1 heterocycles. The molecule has 0 bridgehead atoms. The van der Waals surface area contributed by atoms with Gasteiger partial charge in [-0.1, -0.05) is 38.1 Å². The monoisotopic (exact) mass is 274 g/mol. The van der Waals surface area contributed by atoms with Gasteiger partial charge >= 0.3 is 0 Å². The van der Waals surface area contributed by atoms with E-state index in [4.69, 9.17) is 4.74 Å². The molecule has 2 rings (SSSR count). The topological polar surface area (TPSA) is 47.3 Å². The van der Waals surface area contributed by atoms with Gasteiger partial charge in [-0.3, -0.25) is 4.68 Å². The Kier molecular flexibility index (Phi) is 4.45. The van der Waals surface area contributed by atoms with Crippen LogP contribution in [-0.4, -0.2) is 22.0 Å². The molecule has 1 atom stereocenters. The Hall–Kier alpha value is -1.81. The second-order valence-corrected chi connectivity index (χ2v) is 5.14. The van der Waals surface area contributed by atoms with Gasteiger partial charge in [-0.2, -0.15) is 5.10 Å². The molecule has 1 aromatic carbocycles. The zero-order chi connectivity index (χ0) is 14.7. The van der Waals surface area contributed by atoms with E-state index in [1.807, 2.05) is 19.1 Å².